The van der Waals surface area contributed by atoms with Crippen LogP contribution in [0.1, 0.15) is 17.3 Å². The highest BCUT2D eigenvalue weighted by atomic mass is 16.4. The predicted molar refractivity (Wildman–Crippen MR) is 76.3 cm³/mol. The Morgan fingerprint density at radius 2 is 2.38 bits per heavy atom. The van der Waals surface area contributed by atoms with E-state index in [0.717, 1.165) is 6.54 Å². The summed E-state index contributed by atoms with van der Waals surface area (Å²) < 4.78 is 7.49. The van der Waals surface area contributed by atoms with Crippen LogP contribution in [0.5, 0.6) is 0 Å². The van der Waals surface area contributed by atoms with Gasteiger partial charge in [0.1, 0.15) is 5.52 Å². The molecule has 2 aromatic heterocycles. The molecule has 0 bridgehead atoms. The number of rotatable bonds is 5. The number of carboxylic acids is 1. The van der Waals surface area contributed by atoms with E-state index in [1.54, 1.807) is 18.6 Å². The monoisotopic (exact) mass is 286 g/mol. The topological polar surface area (TPSA) is 93.2 Å². The lowest BCUT2D eigenvalue weighted by molar-refractivity contribution is 0.0697. The number of nitrogens with one attached hydrogen (secondary N) is 1. The van der Waals surface area contributed by atoms with Crippen molar-refractivity contribution in [3.05, 3.63) is 42.5 Å². The van der Waals surface area contributed by atoms with Gasteiger partial charge in [0.05, 0.1) is 11.9 Å². The van der Waals surface area contributed by atoms with Crippen LogP contribution < -0.4 is 5.32 Å². The van der Waals surface area contributed by atoms with Crippen molar-refractivity contribution >= 4 is 23.1 Å². The quantitative estimate of drug-likeness (QED) is 0.747. The third kappa shape index (κ3) is 2.86. The van der Waals surface area contributed by atoms with Crippen molar-refractivity contribution in [2.45, 2.75) is 19.5 Å². The normalized spacial score (nSPS) is 12.4. The number of aromatic nitrogens is 3. The van der Waals surface area contributed by atoms with E-state index in [0.29, 0.717) is 17.1 Å². The molecule has 7 nitrogen and oxygen atoms in total. The van der Waals surface area contributed by atoms with Gasteiger partial charge in [-0.15, -0.1) is 0 Å². The number of fused-ring (bicyclic) bond motifs is 1. The maximum Gasteiger partial charge on any atom is 0.335 e. The van der Waals surface area contributed by atoms with Gasteiger partial charge in [0.25, 0.3) is 6.01 Å². The molecule has 1 unspecified atom stereocenters. The Balaban J connectivity index is 1.76. The summed E-state index contributed by atoms with van der Waals surface area (Å²) in [5.41, 5.74) is 1.25. The second-order valence-corrected chi connectivity index (χ2v) is 4.81. The first-order valence-electron chi connectivity index (χ1n) is 6.48. The Kier molecular flexibility index (Phi) is 3.31. The van der Waals surface area contributed by atoms with Crippen molar-refractivity contribution < 1.29 is 14.3 Å². The summed E-state index contributed by atoms with van der Waals surface area (Å²) in [5.74, 6) is -0.990. The lowest BCUT2D eigenvalue weighted by Crippen LogP contribution is -2.21. The molecule has 7 heteroatoms. The third-order valence-electron chi connectivity index (χ3n) is 3.05. The molecule has 0 aliphatic carbocycles. The Morgan fingerprint density at radius 1 is 1.52 bits per heavy atom. The van der Waals surface area contributed by atoms with E-state index in [1.807, 2.05) is 17.7 Å². The van der Waals surface area contributed by atoms with E-state index in [9.17, 15) is 4.79 Å². The minimum atomic E-state index is -0.990. The summed E-state index contributed by atoms with van der Waals surface area (Å²) in [4.78, 5) is 19.2. The second-order valence-electron chi connectivity index (χ2n) is 4.81. The molecular weight excluding hydrogens is 272 g/mol. The van der Waals surface area contributed by atoms with Crippen LogP contribution >= 0.6 is 0 Å². The zero-order valence-electron chi connectivity index (χ0n) is 11.4. The lowest BCUT2D eigenvalue weighted by atomic mass is 10.2. The molecule has 0 fully saturated rings. The zero-order valence-corrected chi connectivity index (χ0v) is 11.4. The van der Waals surface area contributed by atoms with Gasteiger partial charge in [0.15, 0.2) is 5.58 Å². The van der Waals surface area contributed by atoms with E-state index in [-0.39, 0.29) is 11.6 Å². The van der Waals surface area contributed by atoms with Crippen LogP contribution in [0.4, 0.5) is 6.01 Å². The molecule has 3 rings (SSSR count). The fourth-order valence-electron chi connectivity index (χ4n) is 2.09. The van der Waals surface area contributed by atoms with Crippen molar-refractivity contribution in [1.82, 2.24) is 14.5 Å². The van der Waals surface area contributed by atoms with Crippen LogP contribution in [0, 0.1) is 0 Å². The van der Waals surface area contributed by atoms with Crippen molar-refractivity contribution in [1.29, 1.82) is 0 Å². The minimum absolute atomic E-state index is 0.0891. The fourth-order valence-corrected chi connectivity index (χ4v) is 2.09. The Morgan fingerprint density at radius 3 is 3.10 bits per heavy atom. The van der Waals surface area contributed by atoms with E-state index < -0.39 is 5.97 Å². The number of anilines is 1. The standard InChI is InChI=1S/C14H14N4O3/c1-9(7-18-5-4-15-8-18)16-14-17-11-3-2-10(13(19)20)6-12(11)21-14/h2-6,8-9H,7H2,1H3,(H,16,17)(H,19,20). The van der Waals surface area contributed by atoms with E-state index >= 15 is 0 Å². The Hall–Kier alpha value is -2.83. The van der Waals surface area contributed by atoms with Crippen LogP contribution in [0.3, 0.4) is 0 Å². The van der Waals surface area contributed by atoms with Gasteiger partial charge in [-0.2, -0.15) is 4.98 Å². The first kappa shape index (κ1) is 13.2. The molecule has 108 valence electrons. The summed E-state index contributed by atoms with van der Waals surface area (Å²) in [6.07, 6.45) is 5.34. The van der Waals surface area contributed by atoms with Gasteiger partial charge in [-0.25, -0.2) is 9.78 Å². The van der Waals surface area contributed by atoms with Gasteiger partial charge in [0.2, 0.25) is 0 Å². The summed E-state index contributed by atoms with van der Waals surface area (Å²) in [6, 6.07) is 5.07. The molecule has 0 spiro atoms. The van der Waals surface area contributed by atoms with Crippen molar-refractivity contribution in [2.75, 3.05) is 5.32 Å². The molecule has 21 heavy (non-hydrogen) atoms. The molecule has 0 radical (unpaired) electrons. The van der Waals surface area contributed by atoms with Gasteiger partial charge >= 0.3 is 5.97 Å². The summed E-state index contributed by atoms with van der Waals surface area (Å²) in [6.45, 7) is 2.72. The molecule has 0 saturated heterocycles. The van der Waals surface area contributed by atoms with Crippen LogP contribution in [-0.4, -0.2) is 31.7 Å². The van der Waals surface area contributed by atoms with Gasteiger partial charge in [-0.1, -0.05) is 0 Å². The number of hydrogen-bond acceptors (Lipinski definition) is 5. The maximum absolute atomic E-state index is 10.9. The summed E-state index contributed by atoms with van der Waals surface area (Å²) >= 11 is 0. The number of carbonyl (C=O) groups is 1. The molecule has 1 aromatic carbocycles. The third-order valence-corrected chi connectivity index (χ3v) is 3.05. The average Bonchev–Trinajstić information content (AvgIpc) is 3.05. The molecule has 2 heterocycles. The maximum atomic E-state index is 10.9. The summed E-state index contributed by atoms with van der Waals surface area (Å²) in [7, 11) is 0. The van der Waals surface area contributed by atoms with Gasteiger partial charge in [-0.05, 0) is 25.1 Å². The number of benzene rings is 1. The second kappa shape index (κ2) is 5.28. The molecule has 0 amide bonds. The van der Waals surface area contributed by atoms with E-state index in [1.165, 1.54) is 12.1 Å². The molecule has 1 atom stereocenters. The number of aromatic carboxylic acids is 1. The number of nitrogens with zero attached hydrogens (tertiary/aromatic N) is 3. The van der Waals surface area contributed by atoms with Crippen LogP contribution in [0.15, 0.2) is 41.3 Å². The summed E-state index contributed by atoms with van der Waals surface area (Å²) in [5, 5.41) is 12.1. The number of hydrogen-bond donors (Lipinski definition) is 2. The van der Waals surface area contributed by atoms with Crippen molar-refractivity contribution in [2.24, 2.45) is 0 Å². The van der Waals surface area contributed by atoms with E-state index in [2.05, 4.69) is 15.3 Å². The van der Waals surface area contributed by atoms with E-state index in [4.69, 9.17) is 9.52 Å². The number of carboxylic acid groups (broad SMARTS) is 1. The molecule has 2 N–H and O–H groups in total. The molecule has 3 aromatic rings. The van der Waals surface area contributed by atoms with Crippen molar-refractivity contribution in [3.8, 4) is 0 Å². The average molecular weight is 286 g/mol. The predicted octanol–water partition coefficient (Wildman–Crippen LogP) is 2.22. The van der Waals surface area contributed by atoms with Crippen LogP contribution in [-0.2, 0) is 6.54 Å². The molecular formula is C14H14N4O3. The largest absolute Gasteiger partial charge is 0.478 e. The van der Waals surface area contributed by atoms with Crippen molar-refractivity contribution in [3.63, 3.8) is 0 Å². The first-order valence-corrected chi connectivity index (χ1v) is 6.48. The fraction of sp³-hybridized carbons (Fsp3) is 0.214. The first-order chi connectivity index (χ1) is 10.1. The molecule has 0 aliphatic heterocycles. The highest BCUT2D eigenvalue weighted by molar-refractivity contribution is 5.92. The van der Waals surface area contributed by atoms with Gasteiger partial charge < -0.3 is 19.4 Å². The van der Waals surface area contributed by atoms with Crippen LogP contribution in [0.25, 0.3) is 11.1 Å². The zero-order chi connectivity index (χ0) is 14.8. The number of oxazole rings is 1. The number of imidazole rings is 1. The molecule has 0 aliphatic rings. The smallest absolute Gasteiger partial charge is 0.335 e. The van der Waals surface area contributed by atoms with Gasteiger partial charge in [-0.3, -0.25) is 0 Å². The minimum Gasteiger partial charge on any atom is -0.478 e. The highest BCUT2D eigenvalue weighted by Gasteiger charge is 2.11. The Labute approximate surface area is 120 Å². The highest BCUT2D eigenvalue weighted by Crippen LogP contribution is 2.21. The Bertz CT molecular complexity index is 764. The lowest BCUT2D eigenvalue weighted by Gasteiger charge is -2.12. The SMILES string of the molecule is CC(Cn1ccnc1)Nc1nc2ccc(C(=O)O)cc2o1. The van der Waals surface area contributed by atoms with Gasteiger partial charge in [0, 0.05) is 25.0 Å². The van der Waals surface area contributed by atoms with Crippen LogP contribution in [0.2, 0.25) is 0 Å². The molecule has 0 saturated carbocycles.